The summed E-state index contributed by atoms with van der Waals surface area (Å²) >= 11 is 0. The zero-order valence-electron chi connectivity index (χ0n) is 24.3. The summed E-state index contributed by atoms with van der Waals surface area (Å²) in [7, 11) is -2.35. The number of rotatable bonds is 6. The number of fused-ring (bicyclic) bond motifs is 1. The zero-order chi connectivity index (χ0) is 29.5. The molecule has 1 unspecified atom stereocenters. The van der Waals surface area contributed by atoms with E-state index in [0.29, 0.717) is 22.4 Å². The standard InChI is InChI=1S/C34H35N3O3S/c1-23-11-13-25(14-12-23)26-15-19-28(20-16-26)37-32(35-31-10-8-7-9-30(31)33(37)38)24(2)36(6)41(39,40)29-21-17-27(18-22-29)34(3,4)5/h7-22,24H,1-6H3. The largest absolute Gasteiger partial charge is 0.268 e. The molecule has 6 nitrogen and oxygen atoms in total. The number of aryl methyl sites for hydroxylation is 1. The van der Waals surface area contributed by atoms with Crippen molar-refractivity contribution in [1.29, 1.82) is 0 Å². The van der Waals surface area contributed by atoms with Gasteiger partial charge in [-0.05, 0) is 72.4 Å². The van der Waals surface area contributed by atoms with Crippen LogP contribution >= 0.6 is 0 Å². The Morgan fingerprint density at radius 3 is 1.95 bits per heavy atom. The van der Waals surface area contributed by atoms with Gasteiger partial charge in [0, 0.05) is 7.05 Å². The highest BCUT2D eigenvalue weighted by Gasteiger charge is 2.30. The van der Waals surface area contributed by atoms with Crippen molar-refractivity contribution < 1.29 is 8.42 Å². The van der Waals surface area contributed by atoms with Gasteiger partial charge in [-0.2, -0.15) is 4.31 Å². The molecular formula is C34H35N3O3S. The minimum atomic E-state index is -3.88. The van der Waals surface area contributed by atoms with Crippen LogP contribution in [-0.4, -0.2) is 29.3 Å². The van der Waals surface area contributed by atoms with Gasteiger partial charge in [0.15, 0.2) is 0 Å². The van der Waals surface area contributed by atoms with E-state index in [-0.39, 0.29) is 15.9 Å². The average molecular weight is 566 g/mol. The van der Waals surface area contributed by atoms with Gasteiger partial charge in [0.25, 0.3) is 5.56 Å². The van der Waals surface area contributed by atoms with Crippen LogP contribution < -0.4 is 5.56 Å². The molecule has 0 saturated carbocycles. The van der Waals surface area contributed by atoms with E-state index in [9.17, 15) is 13.2 Å². The van der Waals surface area contributed by atoms with E-state index >= 15 is 0 Å². The van der Waals surface area contributed by atoms with Gasteiger partial charge in [0.2, 0.25) is 10.0 Å². The number of hydrogen-bond acceptors (Lipinski definition) is 4. The van der Waals surface area contributed by atoms with Gasteiger partial charge in [-0.1, -0.05) is 87.0 Å². The molecule has 5 rings (SSSR count). The number of sulfonamides is 1. The third-order valence-corrected chi connectivity index (χ3v) is 9.57. The van der Waals surface area contributed by atoms with Gasteiger partial charge in [-0.15, -0.1) is 0 Å². The molecule has 1 heterocycles. The molecule has 41 heavy (non-hydrogen) atoms. The Morgan fingerprint density at radius 1 is 0.805 bits per heavy atom. The van der Waals surface area contributed by atoms with Crippen molar-refractivity contribution in [2.24, 2.45) is 0 Å². The maximum absolute atomic E-state index is 13.9. The first-order valence-electron chi connectivity index (χ1n) is 13.7. The molecule has 0 bridgehead atoms. The molecule has 210 valence electrons. The van der Waals surface area contributed by atoms with Crippen molar-refractivity contribution in [3.63, 3.8) is 0 Å². The molecule has 0 N–H and O–H groups in total. The van der Waals surface area contributed by atoms with Crippen molar-refractivity contribution in [2.75, 3.05) is 7.05 Å². The maximum Gasteiger partial charge on any atom is 0.266 e. The Labute approximate surface area is 242 Å². The van der Waals surface area contributed by atoms with Gasteiger partial charge < -0.3 is 0 Å². The Balaban J connectivity index is 1.59. The van der Waals surface area contributed by atoms with Crippen LogP contribution in [0.15, 0.2) is 107 Å². The van der Waals surface area contributed by atoms with Crippen LogP contribution in [0.4, 0.5) is 0 Å². The minimum Gasteiger partial charge on any atom is -0.268 e. The Morgan fingerprint density at radius 2 is 1.37 bits per heavy atom. The van der Waals surface area contributed by atoms with Gasteiger partial charge in [-0.3, -0.25) is 9.36 Å². The summed E-state index contributed by atoms with van der Waals surface area (Å²) in [6, 6.07) is 29.3. The molecule has 0 aliphatic heterocycles. The molecule has 5 aromatic rings. The third-order valence-electron chi connectivity index (χ3n) is 7.63. The first-order chi connectivity index (χ1) is 19.4. The van der Waals surface area contributed by atoms with Crippen molar-refractivity contribution >= 4 is 20.9 Å². The van der Waals surface area contributed by atoms with Gasteiger partial charge >= 0.3 is 0 Å². The van der Waals surface area contributed by atoms with Gasteiger partial charge in [-0.25, -0.2) is 13.4 Å². The second-order valence-corrected chi connectivity index (χ2v) is 13.5. The SMILES string of the molecule is Cc1ccc(-c2ccc(-n3c(C(C)N(C)S(=O)(=O)c4ccc(C(C)(C)C)cc4)nc4ccccc4c3=O)cc2)cc1. The summed E-state index contributed by atoms with van der Waals surface area (Å²) in [6.45, 7) is 10.1. The Kier molecular flexibility index (Phi) is 7.45. The van der Waals surface area contributed by atoms with E-state index in [1.165, 1.54) is 21.5 Å². The molecule has 0 aliphatic carbocycles. The second kappa shape index (κ2) is 10.7. The third kappa shape index (κ3) is 5.47. The lowest BCUT2D eigenvalue weighted by atomic mass is 9.87. The van der Waals surface area contributed by atoms with E-state index in [2.05, 4.69) is 45.0 Å². The Hall–Kier alpha value is -4.07. The number of hydrogen-bond donors (Lipinski definition) is 0. The molecule has 0 amide bonds. The van der Waals surface area contributed by atoms with E-state index in [4.69, 9.17) is 4.98 Å². The molecule has 0 radical (unpaired) electrons. The molecule has 0 spiro atoms. The van der Waals surface area contributed by atoms with E-state index < -0.39 is 16.1 Å². The van der Waals surface area contributed by atoms with Crippen molar-refractivity contribution in [2.45, 2.75) is 51.0 Å². The number of benzene rings is 4. The molecule has 0 aliphatic rings. The molecule has 0 saturated heterocycles. The Bertz CT molecular complexity index is 1870. The van der Waals surface area contributed by atoms with Gasteiger partial charge in [0.1, 0.15) is 5.82 Å². The zero-order valence-corrected chi connectivity index (χ0v) is 25.1. The van der Waals surface area contributed by atoms with Crippen LogP contribution in [0.2, 0.25) is 0 Å². The van der Waals surface area contributed by atoms with E-state index in [0.717, 1.165) is 16.7 Å². The summed E-state index contributed by atoms with van der Waals surface area (Å²) in [5.74, 6) is 0.342. The van der Waals surface area contributed by atoms with Crippen LogP contribution in [0.5, 0.6) is 0 Å². The topological polar surface area (TPSA) is 72.3 Å². The summed E-state index contributed by atoms with van der Waals surface area (Å²) < 4.78 is 30.3. The van der Waals surface area contributed by atoms with Crippen LogP contribution in [0, 0.1) is 6.92 Å². The molecule has 1 atom stereocenters. The lowest BCUT2D eigenvalue weighted by molar-refractivity contribution is 0.379. The van der Waals surface area contributed by atoms with Crippen LogP contribution in [0.3, 0.4) is 0 Å². The molecular weight excluding hydrogens is 530 g/mol. The van der Waals surface area contributed by atoms with Crippen molar-refractivity contribution in [3.8, 4) is 16.8 Å². The molecule has 1 aromatic heterocycles. The second-order valence-electron chi connectivity index (χ2n) is 11.5. The smallest absolute Gasteiger partial charge is 0.266 e. The highest BCUT2D eigenvalue weighted by molar-refractivity contribution is 7.89. The van der Waals surface area contributed by atoms with Gasteiger partial charge in [0.05, 0.1) is 27.5 Å². The van der Waals surface area contributed by atoms with Crippen molar-refractivity contribution in [1.82, 2.24) is 13.9 Å². The van der Waals surface area contributed by atoms with Crippen LogP contribution in [0.1, 0.15) is 50.7 Å². The monoisotopic (exact) mass is 565 g/mol. The predicted molar refractivity (Wildman–Crippen MR) is 166 cm³/mol. The fourth-order valence-corrected chi connectivity index (χ4v) is 6.22. The number of aromatic nitrogens is 2. The van der Waals surface area contributed by atoms with E-state index in [1.54, 1.807) is 37.3 Å². The molecule has 4 aromatic carbocycles. The summed E-state index contributed by atoms with van der Waals surface area (Å²) in [5.41, 5.74) is 5.11. The lowest BCUT2D eigenvalue weighted by Gasteiger charge is -2.27. The summed E-state index contributed by atoms with van der Waals surface area (Å²) in [5, 5.41) is 0.467. The lowest BCUT2D eigenvalue weighted by Crippen LogP contribution is -2.35. The van der Waals surface area contributed by atoms with Crippen LogP contribution in [-0.2, 0) is 15.4 Å². The number of para-hydroxylation sites is 1. The first kappa shape index (κ1) is 28.5. The predicted octanol–water partition coefficient (Wildman–Crippen LogP) is 7.04. The average Bonchev–Trinajstić information content (AvgIpc) is 2.96. The fraction of sp³-hybridized carbons (Fsp3) is 0.235. The van der Waals surface area contributed by atoms with Crippen LogP contribution in [0.25, 0.3) is 27.7 Å². The maximum atomic E-state index is 13.9. The fourth-order valence-electron chi connectivity index (χ4n) is 4.89. The molecule has 7 heteroatoms. The highest BCUT2D eigenvalue weighted by Crippen LogP contribution is 2.30. The quantitative estimate of drug-likeness (QED) is 0.221. The van der Waals surface area contributed by atoms with Crippen molar-refractivity contribution in [3.05, 3.63) is 124 Å². The highest BCUT2D eigenvalue weighted by atomic mass is 32.2. The summed E-state index contributed by atoms with van der Waals surface area (Å²) in [4.78, 5) is 18.9. The normalized spacial score (nSPS) is 13.0. The summed E-state index contributed by atoms with van der Waals surface area (Å²) in [6.07, 6.45) is 0. The number of nitrogens with zero attached hydrogens (tertiary/aromatic N) is 3. The van der Waals surface area contributed by atoms with E-state index in [1.807, 2.05) is 49.4 Å². The minimum absolute atomic E-state index is 0.0957. The first-order valence-corrected chi connectivity index (χ1v) is 15.1. The molecule has 0 fully saturated rings.